The molecular formula is C20H18N2O3. The molecule has 5 nitrogen and oxygen atoms in total. The normalized spacial score (nSPS) is 12.2. The quantitative estimate of drug-likeness (QED) is 0.767. The molecule has 1 aliphatic heterocycles. The number of fused-ring (bicyclic) bond motifs is 2. The highest BCUT2D eigenvalue weighted by molar-refractivity contribution is 5.86. The number of hydrogen-bond acceptors (Lipinski definition) is 3. The molecular weight excluding hydrogens is 316 g/mol. The molecule has 1 aliphatic rings. The smallest absolute Gasteiger partial charge is 0.315 e. The molecule has 4 rings (SSSR count). The lowest BCUT2D eigenvalue weighted by Crippen LogP contribution is -2.34. The molecule has 0 atom stereocenters. The summed E-state index contributed by atoms with van der Waals surface area (Å²) in [5.41, 5.74) is 2.06. The molecule has 0 fully saturated rings. The van der Waals surface area contributed by atoms with Gasteiger partial charge in [0.25, 0.3) is 0 Å². The second kappa shape index (κ2) is 6.73. The maximum atomic E-state index is 12.1. The summed E-state index contributed by atoms with van der Waals surface area (Å²) in [4.78, 5) is 12.1. The van der Waals surface area contributed by atoms with E-state index in [1.807, 2.05) is 42.5 Å². The molecule has 0 saturated carbocycles. The van der Waals surface area contributed by atoms with Crippen LogP contribution >= 0.6 is 0 Å². The van der Waals surface area contributed by atoms with Crippen molar-refractivity contribution in [2.45, 2.75) is 13.1 Å². The molecule has 25 heavy (non-hydrogen) atoms. The molecule has 0 spiro atoms. The molecule has 126 valence electrons. The van der Waals surface area contributed by atoms with E-state index in [0.717, 1.165) is 28.0 Å². The second-order valence-electron chi connectivity index (χ2n) is 5.86. The second-order valence-corrected chi connectivity index (χ2v) is 5.86. The highest BCUT2D eigenvalue weighted by Gasteiger charge is 2.13. The van der Waals surface area contributed by atoms with Gasteiger partial charge >= 0.3 is 6.03 Å². The Morgan fingerprint density at radius 1 is 0.880 bits per heavy atom. The van der Waals surface area contributed by atoms with Crippen molar-refractivity contribution in [2.24, 2.45) is 0 Å². The summed E-state index contributed by atoms with van der Waals surface area (Å²) in [6.07, 6.45) is 0. The minimum Gasteiger partial charge on any atom is -0.454 e. The van der Waals surface area contributed by atoms with Crippen molar-refractivity contribution in [3.8, 4) is 11.5 Å². The number of rotatable bonds is 4. The minimum atomic E-state index is -0.203. The van der Waals surface area contributed by atoms with Gasteiger partial charge in [-0.3, -0.25) is 0 Å². The number of hydrogen-bond donors (Lipinski definition) is 2. The Bertz CT molecular complexity index is 918. The molecule has 2 N–H and O–H groups in total. The largest absolute Gasteiger partial charge is 0.454 e. The van der Waals surface area contributed by atoms with Gasteiger partial charge in [0.2, 0.25) is 6.79 Å². The summed E-state index contributed by atoms with van der Waals surface area (Å²) in [7, 11) is 0. The van der Waals surface area contributed by atoms with Crippen molar-refractivity contribution < 1.29 is 14.3 Å². The molecule has 0 radical (unpaired) electrons. The van der Waals surface area contributed by atoms with Crippen LogP contribution in [-0.2, 0) is 13.1 Å². The first kappa shape index (κ1) is 15.3. The van der Waals surface area contributed by atoms with E-state index in [1.165, 1.54) is 5.39 Å². The number of amides is 2. The van der Waals surface area contributed by atoms with E-state index >= 15 is 0 Å². The van der Waals surface area contributed by atoms with Crippen LogP contribution in [0, 0.1) is 0 Å². The van der Waals surface area contributed by atoms with Gasteiger partial charge in [-0.2, -0.15) is 0 Å². The molecule has 0 aliphatic carbocycles. The van der Waals surface area contributed by atoms with Gasteiger partial charge in [-0.25, -0.2) is 4.79 Å². The number of ether oxygens (including phenoxy) is 2. The molecule has 2 amide bonds. The summed E-state index contributed by atoms with van der Waals surface area (Å²) in [6, 6.07) is 19.7. The van der Waals surface area contributed by atoms with Crippen LogP contribution in [0.3, 0.4) is 0 Å². The Kier molecular flexibility index (Phi) is 4.12. The Morgan fingerprint density at radius 3 is 2.64 bits per heavy atom. The van der Waals surface area contributed by atoms with Gasteiger partial charge in [0.15, 0.2) is 11.5 Å². The van der Waals surface area contributed by atoms with Crippen LogP contribution in [0.4, 0.5) is 4.79 Å². The number of nitrogens with one attached hydrogen (secondary N) is 2. The summed E-state index contributed by atoms with van der Waals surface area (Å²) in [5.74, 6) is 1.46. The summed E-state index contributed by atoms with van der Waals surface area (Å²) < 4.78 is 10.6. The van der Waals surface area contributed by atoms with E-state index in [0.29, 0.717) is 13.1 Å². The fourth-order valence-corrected chi connectivity index (χ4v) is 2.92. The maximum absolute atomic E-state index is 12.1. The van der Waals surface area contributed by atoms with Gasteiger partial charge in [0.05, 0.1) is 0 Å². The van der Waals surface area contributed by atoms with Crippen LogP contribution in [0.25, 0.3) is 10.8 Å². The predicted octanol–water partition coefficient (Wildman–Crippen LogP) is 3.57. The SMILES string of the molecule is O=C(NCc1ccc2c(c1)OCO2)NCc1cccc2ccccc12. The van der Waals surface area contributed by atoms with E-state index in [4.69, 9.17) is 9.47 Å². The van der Waals surface area contributed by atoms with Crippen molar-refractivity contribution in [1.82, 2.24) is 10.6 Å². The van der Waals surface area contributed by atoms with Crippen LogP contribution in [-0.4, -0.2) is 12.8 Å². The molecule has 3 aromatic rings. The number of urea groups is 1. The predicted molar refractivity (Wildman–Crippen MR) is 95.6 cm³/mol. The zero-order valence-electron chi connectivity index (χ0n) is 13.6. The Labute approximate surface area is 145 Å². The zero-order chi connectivity index (χ0) is 17.1. The Morgan fingerprint density at radius 2 is 1.68 bits per heavy atom. The monoisotopic (exact) mass is 334 g/mol. The van der Waals surface area contributed by atoms with E-state index < -0.39 is 0 Å². The lowest BCUT2D eigenvalue weighted by atomic mass is 10.0. The van der Waals surface area contributed by atoms with Gasteiger partial charge in [-0.15, -0.1) is 0 Å². The standard InChI is InChI=1S/C20H18N2O3/c23-20(21-11-14-8-9-18-19(10-14)25-13-24-18)22-12-16-6-3-5-15-4-1-2-7-17(15)16/h1-10H,11-13H2,(H2,21,22,23). The molecule has 1 heterocycles. The first-order chi connectivity index (χ1) is 12.3. The molecule has 0 saturated heterocycles. The number of carbonyl (C=O) groups excluding carboxylic acids is 1. The van der Waals surface area contributed by atoms with Crippen molar-refractivity contribution in [2.75, 3.05) is 6.79 Å². The topological polar surface area (TPSA) is 59.6 Å². The maximum Gasteiger partial charge on any atom is 0.315 e. The third kappa shape index (κ3) is 3.35. The first-order valence-corrected chi connectivity index (χ1v) is 8.16. The molecule has 0 unspecified atom stereocenters. The van der Waals surface area contributed by atoms with Crippen LogP contribution in [0.5, 0.6) is 11.5 Å². The van der Waals surface area contributed by atoms with Crippen molar-refractivity contribution >= 4 is 16.8 Å². The number of carbonyl (C=O) groups is 1. The van der Waals surface area contributed by atoms with E-state index in [1.54, 1.807) is 0 Å². The van der Waals surface area contributed by atoms with Gasteiger partial charge in [0, 0.05) is 13.1 Å². The molecule has 5 heteroatoms. The van der Waals surface area contributed by atoms with E-state index in [-0.39, 0.29) is 12.8 Å². The zero-order valence-corrected chi connectivity index (χ0v) is 13.6. The highest BCUT2D eigenvalue weighted by Crippen LogP contribution is 2.32. The fraction of sp³-hybridized carbons (Fsp3) is 0.150. The summed E-state index contributed by atoms with van der Waals surface area (Å²) in [6.45, 7) is 1.16. The van der Waals surface area contributed by atoms with Crippen LogP contribution in [0.15, 0.2) is 60.7 Å². The van der Waals surface area contributed by atoms with E-state index in [2.05, 4.69) is 28.8 Å². The van der Waals surface area contributed by atoms with Gasteiger partial charge in [-0.05, 0) is 34.0 Å². The third-order valence-corrected chi connectivity index (χ3v) is 4.21. The van der Waals surface area contributed by atoms with Crippen LogP contribution in [0.2, 0.25) is 0 Å². The molecule has 0 bridgehead atoms. The summed E-state index contributed by atoms with van der Waals surface area (Å²) in [5, 5.41) is 8.09. The molecule has 0 aromatic heterocycles. The van der Waals surface area contributed by atoms with Crippen molar-refractivity contribution in [1.29, 1.82) is 0 Å². The van der Waals surface area contributed by atoms with E-state index in [9.17, 15) is 4.79 Å². The molecule has 3 aromatic carbocycles. The van der Waals surface area contributed by atoms with Crippen molar-refractivity contribution in [3.05, 3.63) is 71.8 Å². The number of benzene rings is 3. The van der Waals surface area contributed by atoms with Crippen molar-refractivity contribution in [3.63, 3.8) is 0 Å². The summed E-state index contributed by atoms with van der Waals surface area (Å²) >= 11 is 0. The van der Waals surface area contributed by atoms with Gasteiger partial charge in [-0.1, -0.05) is 48.5 Å². The Hall–Kier alpha value is -3.21. The average molecular weight is 334 g/mol. The van der Waals surface area contributed by atoms with Crippen LogP contribution < -0.4 is 20.1 Å². The lowest BCUT2D eigenvalue weighted by molar-refractivity contribution is 0.174. The lowest BCUT2D eigenvalue weighted by Gasteiger charge is -2.10. The third-order valence-electron chi connectivity index (χ3n) is 4.21. The van der Waals surface area contributed by atoms with Gasteiger partial charge < -0.3 is 20.1 Å². The van der Waals surface area contributed by atoms with Gasteiger partial charge in [0.1, 0.15) is 0 Å². The average Bonchev–Trinajstić information content (AvgIpc) is 3.12. The highest BCUT2D eigenvalue weighted by atomic mass is 16.7. The van der Waals surface area contributed by atoms with Crippen LogP contribution in [0.1, 0.15) is 11.1 Å². The first-order valence-electron chi connectivity index (χ1n) is 8.16. The minimum absolute atomic E-state index is 0.203. The fourth-order valence-electron chi connectivity index (χ4n) is 2.92. The Balaban J connectivity index is 1.35.